The summed E-state index contributed by atoms with van der Waals surface area (Å²) in [7, 11) is 0. The average molecular weight is 344 g/mol. The summed E-state index contributed by atoms with van der Waals surface area (Å²) in [5.74, 6) is 0. The Morgan fingerprint density at radius 3 is 2.89 bits per heavy atom. The second-order valence-electron chi connectivity index (χ2n) is 4.43. The molecule has 0 aliphatic rings. The molecule has 1 aromatic carbocycles. The molecule has 5 heteroatoms. The SMILES string of the molecule is CCCn1nccc1C(O)Cc1ccc(Br)cc1Cl. The summed E-state index contributed by atoms with van der Waals surface area (Å²) >= 11 is 9.54. The van der Waals surface area contributed by atoms with Crippen molar-refractivity contribution in [3.8, 4) is 0 Å². The Bertz CT molecular complexity index is 556. The Labute approximate surface area is 126 Å². The van der Waals surface area contributed by atoms with Crippen LogP contribution in [0.5, 0.6) is 0 Å². The van der Waals surface area contributed by atoms with Gasteiger partial charge >= 0.3 is 0 Å². The molecule has 1 atom stereocenters. The molecule has 0 saturated heterocycles. The Morgan fingerprint density at radius 1 is 1.42 bits per heavy atom. The van der Waals surface area contributed by atoms with Crippen molar-refractivity contribution in [3.63, 3.8) is 0 Å². The zero-order chi connectivity index (χ0) is 13.8. The molecule has 1 heterocycles. The molecule has 1 N–H and O–H groups in total. The lowest BCUT2D eigenvalue weighted by Gasteiger charge is -2.14. The monoisotopic (exact) mass is 342 g/mol. The molecule has 0 amide bonds. The third kappa shape index (κ3) is 3.59. The fourth-order valence-electron chi connectivity index (χ4n) is 2.02. The first-order valence-corrected chi connectivity index (χ1v) is 7.42. The first-order chi connectivity index (χ1) is 9.11. The number of hydrogen-bond acceptors (Lipinski definition) is 2. The van der Waals surface area contributed by atoms with Gasteiger partial charge in [-0.3, -0.25) is 4.68 Å². The molecule has 19 heavy (non-hydrogen) atoms. The van der Waals surface area contributed by atoms with E-state index in [0.717, 1.165) is 28.7 Å². The minimum atomic E-state index is -0.590. The van der Waals surface area contributed by atoms with Crippen LogP contribution in [0.2, 0.25) is 5.02 Å². The fraction of sp³-hybridized carbons (Fsp3) is 0.357. The van der Waals surface area contributed by atoms with Crippen LogP contribution in [0, 0.1) is 0 Å². The zero-order valence-corrected chi connectivity index (χ0v) is 13.0. The maximum Gasteiger partial charge on any atom is 0.0997 e. The molecule has 102 valence electrons. The fourth-order valence-corrected chi connectivity index (χ4v) is 2.78. The maximum absolute atomic E-state index is 10.3. The molecule has 0 fully saturated rings. The van der Waals surface area contributed by atoms with E-state index in [1.807, 2.05) is 28.9 Å². The smallest absolute Gasteiger partial charge is 0.0997 e. The minimum Gasteiger partial charge on any atom is -0.386 e. The minimum absolute atomic E-state index is 0.488. The molecule has 0 saturated carbocycles. The van der Waals surface area contributed by atoms with E-state index >= 15 is 0 Å². The average Bonchev–Trinajstić information content (AvgIpc) is 2.81. The Kier molecular flexibility index (Phi) is 5.02. The number of halogens is 2. The van der Waals surface area contributed by atoms with Gasteiger partial charge in [-0.05, 0) is 30.2 Å². The highest BCUT2D eigenvalue weighted by molar-refractivity contribution is 9.10. The van der Waals surface area contributed by atoms with E-state index in [2.05, 4.69) is 28.0 Å². The van der Waals surface area contributed by atoms with Gasteiger partial charge in [0.1, 0.15) is 0 Å². The van der Waals surface area contributed by atoms with E-state index in [1.165, 1.54) is 0 Å². The quantitative estimate of drug-likeness (QED) is 0.891. The molecule has 2 aromatic rings. The van der Waals surface area contributed by atoms with Crippen molar-refractivity contribution >= 4 is 27.5 Å². The van der Waals surface area contributed by atoms with Crippen molar-refractivity contribution in [1.29, 1.82) is 0 Å². The van der Waals surface area contributed by atoms with Crippen LogP contribution >= 0.6 is 27.5 Å². The molecule has 0 radical (unpaired) electrons. The van der Waals surface area contributed by atoms with E-state index < -0.39 is 6.10 Å². The lowest BCUT2D eigenvalue weighted by Crippen LogP contribution is -2.11. The number of nitrogens with zero attached hydrogens (tertiary/aromatic N) is 2. The van der Waals surface area contributed by atoms with Gasteiger partial charge in [0.25, 0.3) is 0 Å². The van der Waals surface area contributed by atoms with Gasteiger partial charge in [-0.2, -0.15) is 5.10 Å². The number of benzene rings is 1. The Balaban J connectivity index is 2.16. The summed E-state index contributed by atoms with van der Waals surface area (Å²) in [6, 6.07) is 7.55. The topological polar surface area (TPSA) is 38.0 Å². The number of aromatic nitrogens is 2. The van der Waals surface area contributed by atoms with Gasteiger partial charge in [-0.25, -0.2) is 0 Å². The van der Waals surface area contributed by atoms with Gasteiger partial charge in [0, 0.05) is 28.7 Å². The summed E-state index contributed by atoms with van der Waals surface area (Å²) in [6.45, 7) is 2.90. The third-order valence-electron chi connectivity index (χ3n) is 2.95. The van der Waals surface area contributed by atoms with Gasteiger partial charge in [0.05, 0.1) is 11.8 Å². The number of aliphatic hydroxyl groups excluding tert-OH is 1. The first kappa shape index (κ1) is 14.6. The molecular formula is C14H16BrClN2O. The van der Waals surface area contributed by atoms with Crippen LogP contribution in [0.4, 0.5) is 0 Å². The van der Waals surface area contributed by atoms with Gasteiger partial charge in [0.2, 0.25) is 0 Å². The van der Waals surface area contributed by atoms with Crippen molar-refractivity contribution in [2.45, 2.75) is 32.4 Å². The molecule has 3 nitrogen and oxygen atoms in total. The van der Waals surface area contributed by atoms with Crippen LogP contribution < -0.4 is 0 Å². The number of rotatable bonds is 5. The lowest BCUT2D eigenvalue weighted by atomic mass is 10.1. The molecule has 0 bridgehead atoms. The zero-order valence-electron chi connectivity index (χ0n) is 10.7. The van der Waals surface area contributed by atoms with Crippen LogP contribution in [-0.4, -0.2) is 14.9 Å². The summed E-state index contributed by atoms with van der Waals surface area (Å²) in [5, 5.41) is 15.2. The molecule has 2 rings (SSSR count). The van der Waals surface area contributed by atoms with E-state index in [9.17, 15) is 5.11 Å². The van der Waals surface area contributed by atoms with Crippen molar-refractivity contribution in [3.05, 3.63) is 51.2 Å². The second-order valence-corrected chi connectivity index (χ2v) is 5.76. The normalized spacial score (nSPS) is 12.6. The van der Waals surface area contributed by atoms with Crippen molar-refractivity contribution in [2.75, 3.05) is 0 Å². The van der Waals surface area contributed by atoms with E-state index in [4.69, 9.17) is 11.6 Å². The summed E-state index contributed by atoms with van der Waals surface area (Å²) in [5.41, 5.74) is 1.77. The molecule has 0 aliphatic heterocycles. The highest BCUT2D eigenvalue weighted by Gasteiger charge is 2.15. The van der Waals surface area contributed by atoms with Gasteiger partial charge in [-0.1, -0.05) is 40.5 Å². The predicted molar refractivity (Wildman–Crippen MR) is 80.3 cm³/mol. The van der Waals surface area contributed by atoms with Crippen molar-refractivity contribution in [1.82, 2.24) is 9.78 Å². The molecule has 0 aliphatic carbocycles. The Morgan fingerprint density at radius 2 is 2.21 bits per heavy atom. The second kappa shape index (κ2) is 6.55. The van der Waals surface area contributed by atoms with Crippen LogP contribution in [0.25, 0.3) is 0 Å². The van der Waals surface area contributed by atoms with Crippen LogP contribution in [0.1, 0.15) is 30.7 Å². The number of aryl methyl sites for hydroxylation is 1. The first-order valence-electron chi connectivity index (χ1n) is 6.25. The predicted octanol–water partition coefficient (Wildman–Crippen LogP) is 3.99. The van der Waals surface area contributed by atoms with E-state index in [-0.39, 0.29) is 0 Å². The number of aliphatic hydroxyl groups is 1. The standard InChI is InChI=1S/C14H16BrClN2O/c1-2-7-18-13(5-6-17-18)14(19)8-10-3-4-11(15)9-12(10)16/h3-6,9,14,19H,2,7-8H2,1H3. The van der Waals surface area contributed by atoms with Crippen molar-refractivity contribution < 1.29 is 5.11 Å². The number of hydrogen-bond donors (Lipinski definition) is 1. The maximum atomic E-state index is 10.3. The largest absolute Gasteiger partial charge is 0.386 e. The van der Waals surface area contributed by atoms with Crippen LogP contribution in [0.3, 0.4) is 0 Å². The highest BCUT2D eigenvalue weighted by Crippen LogP contribution is 2.26. The Hall–Kier alpha value is -0.840. The molecular weight excluding hydrogens is 328 g/mol. The van der Waals surface area contributed by atoms with Gasteiger partial charge < -0.3 is 5.11 Å². The molecule has 0 spiro atoms. The van der Waals surface area contributed by atoms with Crippen LogP contribution in [0.15, 0.2) is 34.9 Å². The van der Waals surface area contributed by atoms with Gasteiger partial charge in [-0.15, -0.1) is 0 Å². The molecule has 1 aromatic heterocycles. The molecule has 1 unspecified atom stereocenters. The third-order valence-corrected chi connectivity index (χ3v) is 3.80. The van der Waals surface area contributed by atoms with Crippen molar-refractivity contribution in [2.24, 2.45) is 0 Å². The lowest BCUT2D eigenvalue weighted by molar-refractivity contribution is 0.166. The summed E-state index contributed by atoms with van der Waals surface area (Å²) in [4.78, 5) is 0. The summed E-state index contributed by atoms with van der Waals surface area (Å²) < 4.78 is 2.78. The van der Waals surface area contributed by atoms with E-state index in [1.54, 1.807) is 6.20 Å². The van der Waals surface area contributed by atoms with E-state index in [0.29, 0.717) is 11.4 Å². The van der Waals surface area contributed by atoms with Gasteiger partial charge in [0.15, 0.2) is 0 Å². The summed E-state index contributed by atoms with van der Waals surface area (Å²) in [6.07, 6.45) is 2.60. The van der Waals surface area contributed by atoms with Crippen LogP contribution in [-0.2, 0) is 13.0 Å². The highest BCUT2D eigenvalue weighted by atomic mass is 79.9.